The second kappa shape index (κ2) is 5.66. The maximum Gasteiger partial charge on any atom is 0.337 e. The third-order valence-electron chi connectivity index (χ3n) is 1.86. The van der Waals surface area contributed by atoms with Gasteiger partial charge < -0.3 is 4.74 Å². The summed E-state index contributed by atoms with van der Waals surface area (Å²) in [6.45, 7) is 0. The van der Waals surface area contributed by atoms with Crippen molar-refractivity contribution in [1.29, 1.82) is 0 Å². The van der Waals surface area contributed by atoms with Crippen molar-refractivity contribution < 1.29 is 14.3 Å². The molecule has 0 saturated carbocycles. The van der Waals surface area contributed by atoms with Crippen LogP contribution in [0.1, 0.15) is 20.7 Å². The number of carbonyl (C=O) groups is 2. The van der Waals surface area contributed by atoms with Crippen LogP contribution in [0.25, 0.3) is 0 Å². The number of benzene rings is 1. The van der Waals surface area contributed by atoms with Gasteiger partial charge in [-0.15, -0.1) is 0 Å². The second-order valence-corrected chi connectivity index (χ2v) is 4.24. The van der Waals surface area contributed by atoms with Gasteiger partial charge in [-0.1, -0.05) is 39.1 Å². The summed E-state index contributed by atoms with van der Waals surface area (Å²) >= 11 is 14.8. The highest BCUT2D eigenvalue weighted by atomic mass is 79.9. The van der Waals surface area contributed by atoms with Gasteiger partial charge in [-0.3, -0.25) is 4.79 Å². The van der Waals surface area contributed by atoms with E-state index in [1.54, 1.807) is 0 Å². The van der Waals surface area contributed by atoms with E-state index in [0.717, 1.165) is 0 Å². The first-order valence-electron chi connectivity index (χ1n) is 4.17. The van der Waals surface area contributed by atoms with Gasteiger partial charge in [0.15, 0.2) is 5.78 Å². The molecule has 0 bridgehead atoms. The van der Waals surface area contributed by atoms with Crippen LogP contribution >= 0.6 is 39.1 Å². The molecule has 1 rings (SSSR count). The number of halogens is 3. The fraction of sp³-hybridized carbons (Fsp3) is 0.200. The highest BCUT2D eigenvalue weighted by Crippen LogP contribution is 2.27. The van der Waals surface area contributed by atoms with Crippen molar-refractivity contribution in [3.63, 3.8) is 0 Å². The zero-order valence-electron chi connectivity index (χ0n) is 8.22. The molecule has 3 nitrogen and oxygen atoms in total. The molecule has 0 amide bonds. The summed E-state index contributed by atoms with van der Waals surface area (Å²) < 4.78 is 4.52. The summed E-state index contributed by atoms with van der Waals surface area (Å²) in [5.74, 6) is -0.798. The van der Waals surface area contributed by atoms with E-state index in [-0.39, 0.29) is 32.3 Å². The lowest BCUT2D eigenvalue weighted by Crippen LogP contribution is -2.06. The van der Waals surface area contributed by atoms with Crippen LogP contribution in [0.5, 0.6) is 0 Å². The second-order valence-electron chi connectivity index (χ2n) is 2.86. The third-order valence-corrected chi connectivity index (χ3v) is 2.97. The van der Waals surface area contributed by atoms with E-state index in [4.69, 9.17) is 23.2 Å². The molecule has 0 fully saturated rings. The fourth-order valence-corrected chi connectivity index (χ4v) is 2.12. The third kappa shape index (κ3) is 2.75. The van der Waals surface area contributed by atoms with Crippen LogP contribution in [0.15, 0.2) is 12.1 Å². The molecule has 1 aromatic carbocycles. The van der Waals surface area contributed by atoms with Gasteiger partial charge >= 0.3 is 5.97 Å². The Balaban J connectivity index is 3.28. The summed E-state index contributed by atoms with van der Waals surface area (Å²) in [5, 5.41) is 0.388. The minimum Gasteiger partial charge on any atom is -0.465 e. The number of hydrogen-bond acceptors (Lipinski definition) is 3. The number of alkyl halides is 1. The van der Waals surface area contributed by atoms with Crippen molar-refractivity contribution in [2.75, 3.05) is 12.4 Å². The standard InChI is InChI=1S/C10H7BrCl2O3/c1-16-10(15)5-2-6(12)9(7(13)3-5)8(14)4-11/h2-3H,4H2,1H3. The Hall–Kier alpha value is -0.580. The molecule has 0 aliphatic heterocycles. The molecule has 0 atom stereocenters. The Kier molecular flexibility index (Phi) is 4.77. The van der Waals surface area contributed by atoms with Crippen LogP contribution in [-0.4, -0.2) is 24.2 Å². The Morgan fingerprint density at radius 2 is 1.81 bits per heavy atom. The van der Waals surface area contributed by atoms with Crippen molar-refractivity contribution >= 4 is 50.9 Å². The largest absolute Gasteiger partial charge is 0.465 e. The quantitative estimate of drug-likeness (QED) is 0.486. The molecule has 0 radical (unpaired) electrons. The number of carbonyl (C=O) groups excluding carboxylic acids is 2. The molecule has 6 heteroatoms. The van der Waals surface area contributed by atoms with E-state index >= 15 is 0 Å². The summed E-state index contributed by atoms with van der Waals surface area (Å²) in [6, 6.07) is 2.71. The normalized spacial score (nSPS) is 10.0. The van der Waals surface area contributed by atoms with E-state index in [1.165, 1.54) is 19.2 Å². The van der Waals surface area contributed by atoms with Gasteiger partial charge in [-0.2, -0.15) is 0 Å². The Morgan fingerprint density at radius 1 is 1.31 bits per heavy atom. The van der Waals surface area contributed by atoms with Gasteiger partial charge in [0.25, 0.3) is 0 Å². The number of Topliss-reactive ketones (excluding diaryl/α,β-unsaturated/α-hetero) is 1. The minimum atomic E-state index is -0.554. The van der Waals surface area contributed by atoms with E-state index in [2.05, 4.69) is 20.7 Å². The summed E-state index contributed by atoms with van der Waals surface area (Å²) in [7, 11) is 1.25. The van der Waals surface area contributed by atoms with Crippen LogP contribution in [0.3, 0.4) is 0 Å². The zero-order valence-corrected chi connectivity index (χ0v) is 11.3. The van der Waals surface area contributed by atoms with Crippen LogP contribution in [0.2, 0.25) is 10.0 Å². The molecule has 0 aliphatic carbocycles. The van der Waals surface area contributed by atoms with Gasteiger partial charge in [0.05, 0.1) is 33.6 Å². The van der Waals surface area contributed by atoms with Gasteiger partial charge in [-0.05, 0) is 12.1 Å². The van der Waals surface area contributed by atoms with E-state index < -0.39 is 5.97 Å². The van der Waals surface area contributed by atoms with E-state index in [1.807, 2.05) is 0 Å². The molecule has 0 aliphatic rings. The Labute approximate surface area is 111 Å². The maximum absolute atomic E-state index is 11.5. The number of ketones is 1. The number of methoxy groups -OCH3 is 1. The molecule has 0 unspecified atom stereocenters. The average Bonchev–Trinajstić information content (AvgIpc) is 2.26. The van der Waals surface area contributed by atoms with Gasteiger partial charge in [0.1, 0.15) is 0 Å². The molecule has 0 N–H and O–H groups in total. The van der Waals surface area contributed by atoms with Gasteiger partial charge in [0.2, 0.25) is 0 Å². The highest BCUT2D eigenvalue weighted by molar-refractivity contribution is 9.09. The highest BCUT2D eigenvalue weighted by Gasteiger charge is 2.17. The fourth-order valence-electron chi connectivity index (χ4n) is 1.14. The molecule has 0 aromatic heterocycles. The predicted molar refractivity (Wildman–Crippen MR) is 65.9 cm³/mol. The molecular weight excluding hydrogens is 319 g/mol. The first-order chi connectivity index (χ1) is 7.51. The molecule has 0 saturated heterocycles. The van der Waals surface area contributed by atoms with Crippen molar-refractivity contribution in [3.8, 4) is 0 Å². The average molecular weight is 326 g/mol. The van der Waals surface area contributed by atoms with Crippen LogP contribution in [0.4, 0.5) is 0 Å². The zero-order chi connectivity index (χ0) is 12.3. The van der Waals surface area contributed by atoms with Gasteiger partial charge in [0, 0.05) is 0 Å². The number of rotatable bonds is 3. The Bertz CT molecular complexity index is 423. The molecule has 86 valence electrons. The van der Waals surface area contributed by atoms with E-state index in [9.17, 15) is 9.59 Å². The minimum absolute atomic E-state index is 0.115. The molecule has 1 aromatic rings. The molecule has 0 spiro atoms. The smallest absolute Gasteiger partial charge is 0.337 e. The monoisotopic (exact) mass is 324 g/mol. The summed E-state index contributed by atoms with van der Waals surface area (Å²) in [5.41, 5.74) is 0.413. The van der Waals surface area contributed by atoms with Crippen molar-refractivity contribution in [3.05, 3.63) is 33.3 Å². The summed E-state index contributed by atoms with van der Waals surface area (Å²) in [6.07, 6.45) is 0. The number of ether oxygens (including phenoxy) is 1. The molecular formula is C10H7BrCl2O3. The topological polar surface area (TPSA) is 43.4 Å². The first-order valence-corrected chi connectivity index (χ1v) is 6.05. The lowest BCUT2D eigenvalue weighted by Gasteiger charge is -2.06. The van der Waals surface area contributed by atoms with Crippen LogP contribution in [0, 0.1) is 0 Å². The van der Waals surface area contributed by atoms with Crippen LogP contribution < -0.4 is 0 Å². The number of esters is 1. The van der Waals surface area contributed by atoms with Crippen molar-refractivity contribution in [1.82, 2.24) is 0 Å². The first kappa shape index (κ1) is 13.5. The van der Waals surface area contributed by atoms with Crippen molar-refractivity contribution in [2.45, 2.75) is 0 Å². The van der Waals surface area contributed by atoms with Gasteiger partial charge in [-0.25, -0.2) is 4.79 Å². The Morgan fingerprint density at radius 3 is 2.19 bits per heavy atom. The lowest BCUT2D eigenvalue weighted by atomic mass is 10.1. The number of hydrogen-bond donors (Lipinski definition) is 0. The maximum atomic E-state index is 11.5. The van der Waals surface area contributed by atoms with Crippen molar-refractivity contribution in [2.24, 2.45) is 0 Å². The lowest BCUT2D eigenvalue weighted by molar-refractivity contribution is 0.0600. The van der Waals surface area contributed by atoms with E-state index in [0.29, 0.717) is 0 Å². The predicted octanol–water partition coefficient (Wildman–Crippen LogP) is 3.36. The summed E-state index contributed by atoms with van der Waals surface area (Å²) in [4.78, 5) is 22.7. The SMILES string of the molecule is COC(=O)c1cc(Cl)c(C(=O)CBr)c(Cl)c1. The molecule has 0 heterocycles. The van der Waals surface area contributed by atoms with Crippen LogP contribution in [-0.2, 0) is 4.74 Å². The molecule has 16 heavy (non-hydrogen) atoms.